The van der Waals surface area contributed by atoms with Gasteiger partial charge >= 0.3 is 0 Å². The highest BCUT2D eigenvalue weighted by Crippen LogP contribution is 2.26. The van der Waals surface area contributed by atoms with E-state index in [2.05, 4.69) is 38.4 Å². The van der Waals surface area contributed by atoms with Crippen LogP contribution in [0.1, 0.15) is 30.6 Å². The Kier molecular flexibility index (Phi) is 5.07. The Bertz CT molecular complexity index is 511. The van der Waals surface area contributed by atoms with Gasteiger partial charge in [0.05, 0.1) is 22.4 Å². The number of aryl methyl sites for hydroxylation is 2. The molecule has 3 N–H and O–H groups in total. The number of halogens is 1. The summed E-state index contributed by atoms with van der Waals surface area (Å²) in [7, 11) is 0. The average Bonchev–Trinajstić information content (AvgIpc) is 2.82. The Hall–Kier alpha value is -1.24. The summed E-state index contributed by atoms with van der Waals surface area (Å²) in [6, 6.07) is 4.13. The van der Waals surface area contributed by atoms with Gasteiger partial charge in [0.1, 0.15) is 0 Å². The third-order valence-corrected chi connectivity index (χ3v) is 3.75. The summed E-state index contributed by atoms with van der Waals surface area (Å²) in [5.74, 6) is 5.70. The zero-order chi connectivity index (χ0) is 13.7. The monoisotopic (exact) mass is 323 g/mol. The Morgan fingerprint density at radius 1 is 1.42 bits per heavy atom. The van der Waals surface area contributed by atoms with E-state index in [4.69, 9.17) is 5.84 Å². The van der Waals surface area contributed by atoms with Gasteiger partial charge in [0.2, 0.25) is 0 Å². The molecule has 0 fully saturated rings. The van der Waals surface area contributed by atoms with Gasteiger partial charge in [-0.3, -0.25) is 20.9 Å². The number of hydrazine groups is 1. The molecule has 0 saturated heterocycles. The van der Waals surface area contributed by atoms with Crippen molar-refractivity contribution in [1.82, 2.24) is 20.2 Å². The van der Waals surface area contributed by atoms with Crippen molar-refractivity contribution >= 4 is 15.9 Å². The zero-order valence-corrected chi connectivity index (χ0v) is 12.5. The Labute approximate surface area is 121 Å². The highest BCUT2D eigenvalue weighted by Gasteiger charge is 2.18. The van der Waals surface area contributed by atoms with Gasteiger partial charge in [0, 0.05) is 18.9 Å². The lowest BCUT2D eigenvalue weighted by Gasteiger charge is -2.18. The lowest BCUT2D eigenvalue weighted by atomic mass is 10.0. The maximum Gasteiger partial charge on any atom is 0.0709 e. The SMILES string of the molecule is CCn1ncc(Br)c1C(CCc1ccncc1)NN. The third kappa shape index (κ3) is 3.40. The van der Waals surface area contributed by atoms with Gasteiger partial charge in [-0.25, -0.2) is 0 Å². The fourth-order valence-corrected chi connectivity index (χ4v) is 2.70. The van der Waals surface area contributed by atoms with Gasteiger partial charge in [0.15, 0.2) is 0 Å². The summed E-state index contributed by atoms with van der Waals surface area (Å²) in [4.78, 5) is 4.02. The molecule has 0 bridgehead atoms. The summed E-state index contributed by atoms with van der Waals surface area (Å²) in [6.07, 6.45) is 7.29. The van der Waals surface area contributed by atoms with Crippen LogP contribution in [0.4, 0.5) is 0 Å². The maximum atomic E-state index is 5.70. The third-order valence-electron chi connectivity index (χ3n) is 3.14. The minimum atomic E-state index is 0.0741. The molecule has 0 aliphatic carbocycles. The second-order valence-corrected chi connectivity index (χ2v) is 5.16. The van der Waals surface area contributed by atoms with E-state index >= 15 is 0 Å². The number of nitrogens with zero attached hydrogens (tertiary/aromatic N) is 3. The largest absolute Gasteiger partial charge is 0.271 e. The van der Waals surface area contributed by atoms with Crippen LogP contribution >= 0.6 is 15.9 Å². The molecule has 19 heavy (non-hydrogen) atoms. The first-order valence-electron chi connectivity index (χ1n) is 6.32. The van der Waals surface area contributed by atoms with E-state index in [1.54, 1.807) is 0 Å². The lowest BCUT2D eigenvalue weighted by Crippen LogP contribution is -2.30. The van der Waals surface area contributed by atoms with Gasteiger partial charge in [-0.1, -0.05) is 0 Å². The molecular weight excluding hydrogens is 306 g/mol. The normalized spacial score (nSPS) is 12.6. The molecule has 2 heterocycles. The molecule has 2 aromatic heterocycles. The molecule has 5 nitrogen and oxygen atoms in total. The second kappa shape index (κ2) is 6.79. The molecular formula is C13H18BrN5. The molecule has 2 aromatic rings. The van der Waals surface area contributed by atoms with Crippen LogP contribution in [0.2, 0.25) is 0 Å². The van der Waals surface area contributed by atoms with Crippen molar-refractivity contribution in [3.8, 4) is 0 Å². The van der Waals surface area contributed by atoms with Gasteiger partial charge in [-0.2, -0.15) is 5.10 Å². The minimum Gasteiger partial charge on any atom is -0.271 e. The number of rotatable bonds is 6. The van der Waals surface area contributed by atoms with Crippen LogP contribution < -0.4 is 11.3 Å². The summed E-state index contributed by atoms with van der Waals surface area (Å²) in [6.45, 7) is 2.90. The van der Waals surface area contributed by atoms with E-state index in [0.717, 1.165) is 29.6 Å². The summed E-state index contributed by atoms with van der Waals surface area (Å²) in [5, 5.41) is 4.32. The number of hydrogen-bond acceptors (Lipinski definition) is 4. The number of pyridine rings is 1. The minimum absolute atomic E-state index is 0.0741. The van der Waals surface area contributed by atoms with Crippen LogP contribution in [0.25, 0.3) is 0 Å². The van der Waals surface area contributed by atoms with Crippen molar-refractivity contribution in [1.29, 1.82) is 0 Å². The lowest BCUT2D eigenvalue weighted by molar-refractivity contribution is 0.465. The van der Waals surface area contributed by atoms with Crippen LogP contribution in [0, 0.1) is 0 Å². The van der Waals surface area contributed by atoms with Crippen molar-refractivity contribution in [2.45, 2.75) is 32.4 Å². The van der Waals surface area contributed by atoms with E-state index in [1.165, 1.54) is 5.56 Å². The predicted octanol–water partition coefficient (Wildman–Crippen LogP) is 2.20. The molecule has 0 spiro atoms. The predicted molar refractivity (Wildman–Crippen MR) is 78.2 cm³/mol. The van der Waals surface area contributed by atoms with E-state index in [9.17, 15) is 0 Å². The molecule has 1 atom stereocenters. The Morgan fingerprint density at radius 3 is 2.79 bits per heavy atom. The number of aromatic nitrogens is 3. The van der Waals surface area contributed by atoms with Crippen LogP contribution in [0.15, 0.2) is 35.2 Å². The fourth-order valence-electron chi connectivity index (χ4n) is 2.13. The van der Waals surface area contributed by atoms with Crippen molar-refractivity contribution in [2.24, 2.45) is 5.84 Å². The number of nitrogens with two attached hydrogens (primary N) is 1. The van der Waals surface area contributed by atoms with Crippen molar-refractivity contribution in [2.75, 3.05) is 0 Å². The molecule has 0 amide bonds. The molecule has 0 aliphatic heterocycles. The van der Waals surface area contributed by atoms with Crippen LogP contribution in [-0.2, 0) is 13.0 Å². The quantitative estimate of drug-likeness (QED) is 0.631. The highest BCUT2D eigenvalue weighted by molar-refractivity contribution is 9.10. The average molecular weight is 324 g/mol. The van der Waals surface area contributed by atoms with Gasteiger partial charge in [-0.05, 0) is 53.4 Å². The molecule has 6 heteroatoms. The van der Waals surface area contributed by atoms with Crippen molar-refractivity contribution < 1.29 is 0 Å². The summed E-state index contributed by atoms with van der Waals surface area (Å²) >= 11 is 3.54. The highest BCUT2D eigenvalue weighted by atomic mass is 79.9. The first-order valence-corrected chi connectivity index (χ1v) is 7.11. The topological polar surface area (TPSA) is 68.8 Å². The van der Waals surface area contributed by atoms with Crippen LogP contribution in [-0.4, -0.2) is 14.8 Å². The molecule has 1 unspecified atom stereocenters. The maximum absolute atomic E-state index is 5.70. The van der Waals surface area contributed by atoms with E-state index in [1.807, 2.05) is 35.4 Å². The van der Waals surface area contributed by atoms with Crippen molar-refractivity contribution in [3.63, 3.8) is 0 Å². The molecule has 0 aliphatic rings. The van der Waals surface area contributed by atoms with Crippen LogP contribution in [0.3, 0.4) is 0 Å². The second-order valence-electron chi connectivity index (χ2n) is 4.31. The first kappa shape index (κ1) is 14.2. The van der Waals surface area contributed by atoms with E-state index in [0.29, 0.717) is 0 Å². The van der Waals surface area contributed by atoms with E-state index in [-0.39, 0.29) is 6.04 Å². The number of hydrogen-bond donors (Lipinski definition) is 2. The smallest absolute Gasteiger partial charge is 0.0709 e. The first-order chi connectivity index (χ1) is 9.26. The van der Waals surface area contributed by atoms with Gasteiger partial charge in [0.25, 0.3) is 0 Å². The van der Waals surface area contributed by atoms with Gasteiger partial charge < -0.3 is 0 Å². The van der Waals surface area contributed by atoms with Gasteiger partial charge in [-0.15, -0.1) is 0 Å². The van der Waals surface area contributed by atoms with Crippen LogP contribution in [0.5, 0.6) is 0 Å². The molecule has 0 radical (unpaired) electrons. The van der Waals surface area contributed by atoms with E-state index < -0.39 is 0 Å². The zero-order valence-electron chi connectivity index (χ0n) is 10.9. The molecule has 0 saturated carbocycles. The fraction of sp³-hybridized carbons (Fsp3) is 0.385. The standard InChI is InChI=1S/C13H18BrN5/c1-2-19-13(11(14)9-17-19)12(18-15)4-3-10-5-7-16-8-6-10/h5-9,12,18H,2-4,15H2,1H3. The molecule has 2 rings (SSSR count). The summed E-state index contributed by atoms with van der Waals surface area (Å²) < 4.78 is 2.95. The summed E-state index contributed by atoms with van der Waals surface area (Å²) in [5.41, 5.74) is 5.24. The number of nitrogens with one attached hydrogen (secondary N) is 1. The Balaban J connectivity index is 2.10. The van der Waals surface area contributed by atoms with Crippen molar-refractivity contribution in [3.05, 3.63) is 46.5 Å². The molecule has 102 valence electrons. The molecule has 0 aromatic carbocycles. The Morgan fingerprint density at radius 2 is 2.16 bits per heavy atom.